The van der Waals surface area contributed by atoms with Gasteiger partial charge >= 0.3 is 0 Å². The van der Waals surface area contributed by atoms with Crippen molar-refractivity contribution in [3.8, 4) is 5.75 Å². The van der Waals surface area contributed by atoms with Gasteiger partial charge in [-0.25, -0.2) is 0 Å². The molecule has 1 atom stereocenters. The van der Waals surface area contributed by atoms with E-state index >= 15 is 0 Å². The summed E-state index contributed by atoms with van der Waals surface area (Å²) in [6, 6.07) is 7.19. The second-order valence-corrected chi connectivity index (χ2v) is 8.71. The van der Waals surface area contributed by atoms with Gasteiger partial charge in [-0.05, 0) is 49.9 Å². The summed E-state index contributed by atoms with van der Waals surface area (Å²) in [6.07, 6.45) is 2.17. The number of rotatable bonds is 6. The zero-order valence-electron chi connectivity index (χ0n) is 15.9. The van der Waals surface area contributed by atoms with Crippen LogP contribution in [0.25, 0.3) is 0 Å². The van der Waals surface area contributed by atoms with Crippen LogP contribution in [0.4, 0.5) is 0 Å². The number of halogens is 1. The molecule has 1 unspecified atom stereocenters. The number of benzene rings is 1. The molecule has 0 radical (unpaired) electrons. The van der Waals surface area contributed by atoms with Crippen LogP contribution < -0.4 is 4.74 Å². The van der Waals surface area contributed by atoms with E-state index in [4.69, 9.17) is 16.3 Å². The summed E-state index contributed by atoms with van der Waals surface area (Å²) in [4.78, 5) is 14.6. The Hall–Kier alpha value is -1.73. The lowest BCUT2D eigenvalue weighted by atomic mass is 9.99. The van der Waals surface area contributed by atoms with Crippen molar-refractivity contribution in [3.63, 3.8) is 0 Å². The van der Waals surface area contributed by atoms with Crippen LogP contribution in [0.3, 0.4) is 0 Å². The number of piperidine rings is 1. The minimum Gasteiger partial charge on any atom is -0.486 e. The molecule has 2 heterocycles. The van der Waals surface area contributed by atoms with Crippen molar-refractivity contribution in [1.82, 2.24) is 19.7 Å². The van der Waals surface area contributed by atoms with Crippen molar-refractivity contribution < 1.29 is 9.53 Å². The lowest BCUT2D eigenvalue weighted by molar-refractivity contribution is -0.131. The number of carbonyl (C=O) groups is 1. The van der Waals surface area contributed by atoms with Crippen LogP contribution in [0.15, 0.2) is 29.4 Å². The number of carbonyl (C=O) groups excluding carboxylic acids is 1. The van der Waals surface area contributed by atoms with Gasteiger partial charge in [0.05, 0.1) is 5.25 Å². The Labute approximate surface area is 169 Å². The van der Waals surface area contributed by atoms with Crippen LogP contribution in [-0.2, 0) is 18.4 Å². The molecule has 3 rings (SSSR count). The van der Waals surface area contributed by atoms with Gasteiger partial charge in [-0.3, -0.25) is 4.79 Å². The number of hydrogen-bond donors (Lipinski definition) is 0. The van der Waals surface area contributed by atoms with Gasteiger partial charge in [0.2, 0.25) is 5.91 Å². The summed E-state index contributed by atoms with van der Waals surface area (Å²) in [5, 5.41) is 9.62. The van der Waals surface area contributed by atoms with E-state index in [-0.39, 0.29) is 11.2 Å². The summed E-state index contributed by atoms with van der Waals surface area (Å²) in [7, 11) is 1.89. The van der Waals surface area contributed by atoms with Crippen molar-refractivity contribution in [3.05, 3.63) is 35.1 Å². The molecule has 0 bridgehead atoms. The number of hydrogen-bond acceptors (Lipinski definition) is 5. The average molecular weight is 409 g/mol. The molecule has 1 saturated heterocycles. The van der Waals surface area contributed by atoms with E-state index in [2.05, 4.69) is 17.1 Å². The van der Waals surface area contributed by atoms with Crippen LogP contribution in [0.2, 0.25) is 5.02 Å². The highest BCUT2D eigenvalue weighted by molar-refractivity contribution is 8.00. The smallest absolute Gasteiger partial charge is 0.235 e. The number of thioether (sulfide) groups is 1. The summed E-state index contributed by atoms with van der Waals surface area (Å²) >= 11 is 7.32. The molecule has 0 spiro atoms. The Bertz CT molecular complexity index is 773. The maximum absolute atomic E-state index is 12.7. The average Bonchev–Trinajstić information content (AvgIpc) is 3.01. The molecular weight excluding hydrogens is 384 g/mol. The van der Waals surface area contributed by atoms with E-state index in [0.717, 1.165) is 36.8 Å². The molecule has 1 aliphatic heterocycles. The highest BCUT2D eigenvalue weighted by Crippen LogP contribution is 2.25. The minimum absolute atomic E-state index is 0.175. The van der Waals surface area contributed by atoms with E-state index < -0.39 is 0 Å². The molecule has 1 aromatic carbocycles. The third-order valence-electron chi connectivity index (χ3n) is 4.83. The zero-order chi connectivity index (χ0) is 19.4. The molecule has 6 nitrogen and oxygen atoms in total. The third kappa shape index (κ3) is 5.17. The van der Waals surface area contributed by atoms with E-state index in [1.807, 2.05) is 35.6 Å². The molecular formula is C19H25ClN4O2S. The fraction of sp³-hybridized carbons (Fsp3) is 0.526. The topological polar surface area (TPSA) is 60.3 Å². The van der Waals surface area contributed by atoms with Gasteiger partial charge in [-0.15, -0.1) is 10.2 Å². The van der Waals surface area contributed by atoms with E-state index in [1.54, 1.807) is 12.1 Å². The lowest BCUT2D eigenvalue weighted by Gasteiger charge is -2.31. The van der Waals surface area contributed by atoms with Gasteiger partial charge in [0.25, 0.3) is 0 Å². The van der Waals surface area contributed by atoms with Crippen molar-refractivity contribution in [2.75, 3.05) is 13.1 Å². The Morgan fingerprint density at radius 1 is 1.30 bits per heavy atom. The fourth-order valence-corrected chi connectivity index (χ4v) is 3.99. The van der Waals surface area contributed by atoms with Gasteiger partial charge < -0.3 is 14.2 Å². The van der Waals surface area contributed by atoms with E-state index in [0.29, 0.717) is 23.4 Å². The first-order valence-corrected chi connectivity index (χ1v) is 10.4. The summed E-state index contributed by atoms with van der Waals surface area (Å²) in [6.45, 7) is 6.18. The molecule has 1 aromatic heterocycles. The van der Waals surface area contributed by atoms with Gasteiger partial charge in [-0.2, -0.15) is 0 Å². The van der Waals surface area contributed by atoms with Crippen LogP contribution in [-0.4, -0.2) is 43.9 Å². The first-order chi connectivity index (χ1) is 12.9. The Morgan fingerprint density at radius 3 is 2.63 bits per heavy atom. The van der Waals surface area contributed by atoms with Crippen LogP contribution >= 0.6 is 23.4 Å². The van der Waals surface area contributed by atoms with E-state index in [9.17, 15) is 4.79 Å². The predicted octanol–water partition coefficient (Wildman–Crippen LogP) is 3.79. The number of likely N-dealkylation sites (tertiary alicyclic amines) is 1. The summed E-state index contributed by atoms with van der Waals surface area (Å²) in [5.41, 5.74) is 0. The quantitative estimate of drug-likeness (QED) is 0.680. The number of nitrogens with zero attached hydrogens (tertiary/aromatic N) is 4. The molecule has 0 aliphatic carbocycles. The van der Waals surface area contributed by atoms with Crippen LogP contribution in [0, 0.1) is 5.92 Å². The van der Waals surface area contributed by atoms with Gasteiger partial charge in [0.1, 0.15) is 12.4 Å². The largest absolute Gasteiger partial charge is 0.486 e. The fourth-order valence-electron chi connectivity index (χ4n) is 2.95. The van der Waals surface area contributed by atoms with Gasteiger partial charge in [0.15, 0.2) is 11.0 Å². The molecule has 8 heteroatoms. The van der Waals surface area contributed by atoms with Crippen LogP contribution in [0.1, 0.15) is 32.5 Å². The van der Waals surface area contributed by atoms with Gasteiger partial charge in [-0.1, -0.05) is 30.3 Å². The summed E-state index contributed by atoms with van der Waals surface area (Å²) < 4.78 is 7.61. The normalized spacial score (nSPS) is 16.4. The highest BCUT2D eigenvalue weighted by Gasteiger charge is 2.26. The molecule has 1 amide bonds. The first kappa shape index (κ1) is 20.0. The maximum atomic E-state index is 12.7. The number of ether oxygens (including phenoxy) is 1. The second kappa shape index (κ2) is 8.97. The Morgan fingerprint density at radius 2 is 1.96 bits per heavy atom. The Balaban J connectivity index is 1.56. The number of amides is 1. The van der Waals surface area contributed by atoms with Gasteiger partial charge in [0, 0.05) is 25.2 Å². The number of aromatic nitrogens is 3. The monoisotopic (exact) mass is 408 g/mol. The Kier molecular flexibility index (Phi) is 6.65. The van der Waals surface area contributed by atoms with Crippen molar-refractivity contribution in [1.29, 1.82) is 0 Å². The second-order valence-electron chi connectivity index (χ2n) is 6.97. The standard InChI is InChI=1S/C19H25ClN4O2S/c1-13-8-10-24(11-9-13)18(25)14(2)27-19-22-21-17(23(19)3)12-26-16-6-4-15(20)5-7-16/h4-7,13-14H,8-12H2,1-3H3. The maximum Gasteiger partial charge on any atom is 0.235 e. The molecule has 1 fully saturated rings. The van der Waals surface area contributed by atoms with Crippen molar-refractivity contribution in [2.45, 2.75) is 43.7 Å². The molecule has 1 aliphatic rings. The van der Waals surface area contributed by atoms with E-state index in [1.165, 1.54) is 11.8 Å². The molecule has 2 aromatic rings. The minimum atomic E-state index is -0.189. The molecule has 0 N–H and O–H groups in total. The third-order valence-corrected chi connectivity index (χ3v) is 6.21. The summed E-state index contributed by atoms with van der Waals surface area (Å²) in [5.74, 6) is 2.31. The highest BCUT2D eigenvalue weighted by atomic mass is 35.5. The SMILES string of the molecule is CC1CCN(C(=O)C(C)Sc2nnc(COc3ccc(Cl)cc3)n2C)CC1. The van der Waals surface area contributed by atoms with Crippen molar-refractivity contribution in [2.24, 2.45) is 13.0 Å². The molecule has 27 heavy (non-hydrogen) atoms. The zero-order valence-corrected chi connectivity index (χ0v) is 17.5. The first-order valence-electron chi connectivity index (χ1n) is 9.16. The van der Waals surface area contributed by atoms with Crippen molar-refractivity contribution >= 4 is 29.3 Å². The predicted molar refractivity (Wildman–Crippen MR) is 107 cm³/mol. The van der Waals surface area contributed by atoms with Crippen LogP contribution in [0.5, 0.6) is 5.75 Å². The molecule has 0 saturated carbocycles. The molecule has 146 valence electrons. The lowest BCUT2D eigenvalue weighted by Crippen LogP contribution is -2.41.